The van der Waals surface area contributed by atoms with Crippen molar-refractivity contribution in [2.45, 2.75) is 18.7 Å². The summed E-state index contributed by atoms with van der Waals surface area (Å²) in [5, 5.41) is -0.728. The molecule has 2 N–H and O–H groups in total. The number of halogens is 3. The lowest BCUT2D eigenvalue weighted by molar-refractivity contribution is 0.292. The highest BCUT2D eigenvalue weighted by Gasteiger charge is 2.30. The van der Waals surface area contributed by atoms with Crippen LogP contribution in [0.3, 0.4) is 0 Å². The van der Waals surface area contributed by atoms with E-state index in [9.17, 15) is 12.8 Å². The lowest BCUT2D eigenvalue weighted by atomic mass is 9.94. The van der Waals surface area contributed by atoms with Crippen LogP contribution in [-0.2, 0) is 10.0 Å². The second-order valence-corrected chi connectivity index (χ2v) is 8.10. The van der Waals surface area contributed by atoms with E-state index in [0.29, 0.717) is 6.54 Å². The molecule has 0 amide bonds. The van der Waals surface area contributed by atoms with E-state index < -0.39 is 26.3 Å². The molecule has 1 rings (SSSR count). The second-order valence-electron chi connectivity index (χ2n) is 5.30. The molecule has 114 valence electrons. The number of sulfonamides is 1. The molecular weight excluding hydrogens is 326 g/mol. The van der Waals surface area contributed by atoms with Gasteiger partial charge in [0.05, 0.1) is 10.0 Å². The quantitative estimate of drug-likeness (QED) is 0.836. The van der Waals surface area contributed by atoms with Gasteiger partial charge >= 0.3 is 0 Å². The number of nitrogens with zero attached hydrogens (tertiary/aromatic N) is 1. The monoisotopic (exact) mass is 342 g/mol. The molecule has 0 saturated carbocycles. The number of benzene rings is 1. The van der Waals surface area contributed by atoms with E-state index in [1.807, 2.05) is 13.8 Å². The molecule has 0 radical (unpaired) electrons. The van der Waals surface area contributed by atoms with Crippen LogP contribution in [0.1, 0.15) is 13.8 Å². The summed E-state index contributed by atoms with van der Waals surface area (Å²) in [5.74, 6) is -0.944. The number of nitrogens with two attached hydrogens (primary N) is 1. The summed E-state index contributed by atoms with van der Waals surface area (Å²) in [6.07, 6.45) is 0. The Morgan fingerprint density at radius 3 is 2.40 bits per heavy atom. The average Bonchev–Trinajstić information content (AvgIpc) is 2.35. The summed E-state index contributed by atoms with van der Waals surface area (Å²) in [6, 6.07) is 2.35. The number of hydrogen-bond donors (Lipinski definition) is 1. The predicted octanol–water partition coefficient (Wildman–Crippen LogP) is 2.74. The SMILES string of the molecule is CN(CC(C)(C)CN)S(=O)(=O)c1ccc(Cl)c(F)c1Cl. The van der Waals surface area contributed by atoms with Crippen LogP contribution in [0.15, 0.2) is 17.0 Å². The second kappa shape index (κ2) is 6.15. The van der Waals surface area contributed by atoms with Crippen LogP contribution in [0.4, 0.5) is 4.39 Å². The molecule has 0 fully saturated rings. The highest BCUT2D eigenvalue weighted by Crippen LogP contribution is 2.31. The summed E-state index contributed by atoms with van der Waals surface area (Å²) >= 11 is 11.3. The molecule has 0 aliphatic heterocycles. The zero-order valence-corrected chi connectivity index (χ0v) is 13.8. The third-order valence-corrected chi connectivity index (χ3v) is 5.51. The summed E-state index contributed by atoms with van der Waals surface area (Å²) in [5.41, 5.74) is 5.18. The summed E-state index contributed by atoms with van der Waals surface area (Å²) in [4.78, 5) is -0.309. The molecule has 8 heteroatoms. The first kappa shape index (κ1) is 17.7. The molecule has 0 heterocycles. The average molecular weight is 343 g/mol. The Kier molecular flexibility index (Phi) is 5.43. The van der Waals surface area contributed by atoms with Gasteiger partial charge in [-0.15, -0.1) is 0 Å². The van der Waals surface area contributed by atoms with Crippen LogP contribution < -0.4 is 5.73 Å². The van der Waals surface area contributed by atoms with Crippen molar-refractivity contribution in [2.24, 2.45) is 11.1 Å². The standard InChI is InChI=1S/C12H17Cl2FN2O2S/c1-12(2,6-16)7-17(3)20(18,19)9-5-4-8(13)11(15)10(9)14/h4-5H,6-7,16H2,1-3H3. The van der Waals surface area contributed by atoms with E-state index in [-0.39, 0.29) is 16.5 Å². The predicted molar refractivity (Wildman–Crippen MR) is 79.1 cm³/mol. The minimum absolute atomic E-state index is 0.187. The van der Waals surface area contributed by atoms with Crippen molar-refractivity contribution in [3.8, 4) is 0 Å². The zero-order valence-electron chi connectivity index (χ0n) is 11.5. The highest BCUT2D eigenvalue weighted by molar-refractivity contribution is 7.89. The van der Waals surface area contributed by atoms with E-state index >= 15 is 0 Å². The first-order chi connectivity index (χ1) is 9.03. The zero-order chi connectivity index (χ0) is 15.7. The van der Waals surface area contributed by atoms with E-state index in [2.05, 4.69) is 0 Å². The molecular formula is C12H17Cl2FN2O2S. The molecule has 0 aliphatic carbocycles. The van der Waals surface area contributed by atoms with Gasteiger partial charge in [-0.25, -0.2) is 17.1 Å². The maximum atomic E-state index is 13.6. The van der Waals surface area contributed by atoms with Gasteiger partial charge < -0.3 is 5.73 Å². The van der Waals surface area contributed by atoms with Crippen molar-refractivity contribution >= 4 is 33.2 Å². The van der Waals surface area contributed by atoms with Crippen LogP contribution in [0.5, 0.6) is 0 Å². The van der Waals surface area contributed by atoms with Crippen LogP contribution in [0.2, 0.25) is 10.0 Å². The lowest BCUT2D eigenvalue weighted by Crippen LogP contribution is -2.39. The van der Waals surface area contributed by atoms with E-state index in [1.165, 1.54) is 13.1 Å². The van der Waals surface area contributed by atoms with Gasteiger partial charge in [-0.2, -0.15) is 0 Å². The number of hydrogen-bond acceptors (Lipinski definition) is 3. The molecule has 20 heavy (non-hydrogen) atoms. The fourth-order valence-electron chi connectivity index (χ4n) is 1.63. The Morgan fingerprint density at radius 2 is 1.90 bits per heavy atom. The molecule has 1 aromatic carbocycles. The Morgan fingerprint density at radius 1 is 1.35 bits per heavy atom. The molecule has 0 bridgehead atoms. The van der Waals surface area contributed by atoms with Gasteiger partial charge in [0.1, 0.15) is 4.90 Å². The molecule has 0 spiro atoms. The van der Waals surface area contributed by atoms with Gasteiger partial charge in [-0.05, 0) is 24.1 Å². The van der Waals surface area contributed by atoms with Crippen molar-refractivity contribution in [3.63, 3.8) is 0 Å². The fraction of sp³-hybridized carbons (Fsp3) is 0.500. The van der Waals surface area contributed by atoms with Gasteiger partial charge in [0.15, 0.2) is 5.82 Å². The van der Waals surface area contributed by atoms with Gasteiger partial charge in [0.2, 0.25) is 10.0 Å². The Labute approximate surface area is 128 Å². The molecule has 0 saturated heterocycles. The van der Waals surface area contributed by atoms with E-state index in [0.717, 1.165) is 10.4 Å². The molecule has 0 aliphatic rings. The van der Waals surface area contributed by atoms with Crippen LogP contribution in [0.25, 0.3) is 0 Å². The van der Waals surface area contributed by atoms with Crippen LogP contribution in [-0.4, -0.2) is 32.9 Å². The molecule has 0 unspecified atom stereocenters. The van der Waals surface area contributed by atoms with E-state index in [4.69, 9.17) is 28.9 Å². The van der Waals surface area contributed by atoms with Gasteiger partial charge in [-0.1, -0.05) is 37.0 Å². The molecule has 4 nitrogen and oxygen atoms in total. The maximum Gasteiger partial charge on any atom is 0.244 e. The minimum Gasteiger partial charge on any atom is -0.330 e. The van der Waals surface area contributed by atoms with Crippen molar-refractivity contribution in [3.05, 3.63) is 28.0 Å². The first-order valence-corrected chi connectivity index (χ1v) is 8.02. The first-order valence-electron chi connectivity index (χ1n) is 5.83. The van der Waals surface area contributed by atoms with Crippen LogP contribution in [0, 0.1) is 11.2 Å². The normalized spacial score (nSPS) is 13.0. The van der Waals surface area contributed by atoms with Crippen molar-refractivity contribution < 1.29 is 12.8 Å². The summed E-state index contributed by atoms with van der Waals surface area (Å²) < 4.78 is 39.5. The fourth-order valence-corrected chi connectivity index (χ4v) is 3.70. The summed E-state index contributed by atoms with van der Waals surface area (Å²) in [6.45, 7) is 4.17. The van der Waals surface area contributed by atoms with E-state index in [1.54, 1.807) is 0 Å². The molecule has 0 aromatic heterocycles. The highest BCUT2D eigenvalue weighted by atomic mass is 35.5. The topological polar surface area (TPSA) is 63.4 Å². The van der Waals surface area contributed by atoms with Gasteiger partial charge in [0.25, 0.3) is 0 Å². The third-order valence-electron chi connectivity index (χ3n) is 2.89. The van der Waals surface area contributed by atoms with Crippen molar-refractivity contribution in [2.75, 3.05) is 20.1 Å². The van der Waals surface area contributed by atoms with Gasteiger partial charge in [-0.3, -0.25) is 0 Å². The molecule has 1 aromatic rings. The van der Waals surface area contributed by atoms with Crippen molar-refractivity contribution in [1.29, 1.82) is 0 Å². The van der Waals surface area contributed by atoms with Gasteiger partial charge in [0, 0.05) is 13.6 Å². The smallest absolute Gasteiger partial charge is 0.244 e. The maximum absolute atomic E-state index is 13.6. The van der Waals surface area contributed by atoms with Crippen LogP contribution >= 0.6 is 23.2 Å². The minimum atomic E-state index is -3.91. The van der Waals surface area contributed by atoms with Crippen molar-refractivity contribution in [1.82, 2.24) is 4.31 Å². The Hall–Kier alpha value is -0.400. The Bertz CT molecular complexity index is 606. The lowest BCUT2D eigenvalue weighted by Gasteiger charge is -2.28. The Balaban J connectivity index is 3.21. The molecule has 0 atom stereocenters. The number of rotatable bonds is 5. The summed E-state index contributed by atoms with van der Waals surface area (Å²) in [7, 11) is -2.51. The third kappa shape index (κ3) is 3.62. The largest absolute Gasteiger partial charge is 0.330 e.